The number of nitrogens with one attached hydrogen (secondary N) is 1. The molecular formula is C35H41Ar3N4O11S3-3. The van der Waals surface area contributed by atoms with E-state index in [2.05, 4.69) is 14.1 Å². The summed E-state index contributed by atoms with van der Waals surface area (Å²) >= 11 is -7.32. The Kier molecular flexibility index (Phi) is 25.7. The van der Waals surface area contributed by atoms with Crippen LogP contribution in [0.2, 0.25) is 0 Å². The minimum atomic E-state index is -2.58. The topological polar surface area (TPSA) is 206 Å². The molecule has 3 unspecified atom stereocenters. The quantitative estimate of drug-likeness (QED) is 0.150. The largest absolute Gasteiger partial charge is 0.755 e. The molecule has 0 saturated heterocycles. The fourth-order valence-electron chi connectivity index (χ4n) is 5.56. The van der Waals surface area contributed by atoms with Crippen LogP contribution in [0.1, 0.15) is 16.7 Å². The molecule has 0 spiro atoms. The first-order chi connectivity index (χ1) is 25.4. The van der Waals surface area contributed by atoms with E-state index >= 15 is 0 Å². The maximum absolute atomic E-state index is 11.2. The average Bonchev–Trinajstić information content (AvgIpc) is 3.84. The van der Waals surface area contributed by atoms with Gasteiger partial charge in [-0.15, -0.1) is 0 Å². The second-order valence-corrected chi connectivity index (χ2v) is 14.0. The molecule has 56 heavy (non-hydrogen) atoms. The number of methoxy groups -OCH3 is 3. The van der Waals surface area contributed by atoms with Crippen molar-refractivity contribution in [3.63, 3.8) is 0 Å². The Morgan fingerprint density at radius 2 is 1.14 bits per heavy atom. The molecule has 2 N–H and O–H groups in total. The van der Waals surface area contributed by atoms with Crippen molar-refractivity contribution in [2.45, 2.75) is 19.3 Å². The average molecular weight is 910 g/mol. The van der Waals surface area contributed by atoms with E-state index in [9.17, 15) is 26.3 Å². The van der Waals surface area contributed by atoms with Crippen molar-refractivity contribution in [3.8, 4) is 17.2 Å². The first-order valence-corrected chi connectivity index (χ1v) is 19.1. The molecule has 0 aliphatic carbocycles. The van der Waals surface area contributed by atoms with E-state index in [-0.39, 0.29) is 133 Å². The predicted octanol–water partition coefficient (Wildman–Crippen LogP) is 3.75. The van der Waals surface area contributed by atoms with E-state index in [1.54, 1.807) is 50.7 Å². The summed E-state index contributed by atoms with van der Waals surface area (Å²) in [6.07, 6.45) is 6.78. The van der Waals surface area contributed by atoms with E-state index in [4.69, 9.17) is 19.3 Å². The summed E-state index contributed by atoms with van der Waals surface area (Å²) in [5.41, 5.74) is 5.05. The van der Waals surface area contributed by atoms with Gasteiger partial charge in [0, 0.05) is 167 Å². The van der Waals surface area contributed by atoms with Crippen molar-refractivity contribution in [2.24, 2.45) is 0 Å². The zero-order chi connectivity index (χ0) is 38.7. The molecule has 0 radical (unpaired) electrons. The molecule has 6 aromatic rings. The number of aromatic amines is 1. The first-order valence-electron chi connectivity index (χ1n) is 16.1. The Labute approximate surface area is 423 Å². The van der Waals surface area contributed by atoms with Crippen molar-refractivity contribution >= 4 is 66.6 Å². The molecule has 0 aliphatic rings. The first kappa shape index (κ1) is 53.7. The fraction of sp³-hybridized carbons (Fsp3) is 0.314. The van der Waals surface area contributed by atoms with Gasteiger partial charge in [0.15, 0.2) is 0 Å². The summed E-state index contributed by atoms with van der Waals surface area (Å²) in [6.45, 7) is 0.976. The van der Waals surface area contributed by atoms with Crippen LogP contribution in [0.5, 0.6) is 17.2 Å². The molecule has 0 aliphatic heterocycles. The molecule has 3 aromatic carbocycles. The number of benzene rings is 3. The molecule has 6 rings (SSSR count). The number of hydrogen-bond donors (Lipinski definition) is 2. The van der Waals surface area contributed by atoms with E-state index in [1.807, 2.05) is 44.6 Å². The smallest absolute Gasteiger partial charge is 0.119 e. The van der Waals surface area contributed by atoms with Crippen molar-refractivity contribution in [3.05, 3.63) is 89.9 Å². The van der Waals surface area contributed by atoms with E-state index in [1.165, 1.54) is 17.3 Å². The predicted molar refractivity (Wildman–Crippen MR) is 202 cm³/mol. The number of aliphatic hydroxyl groups excluding tert-OH is 1. The fourth-order valence-corrected chi connectivity index (χ4v) is 6.85. The maximum Gasteiger partial charge on any atom is 0.119 e. The van der Waals surface area contributed by atoms with Gasteiger partial charge < -0.3 is 47.0 Å². The summed E-state index contributed by atoms with van der Waals surface area (Å²) in [6, 6.07) is 16.3. The number of rotatable bonds is 14. The number of fused-ring (bicyclic) bond motifs is 3. The van der Waals surface area contributed by atoms with Crippen LogP contribution in [0, 0.1) is 113 Å². The van der Waals surface area contributed by atoms with Gasteiger partial charge in [-0.05, 0) is 105 Å². The maximum atomic E-state index is 11.2. The van der Waals surface area contributed by atoms with Crippen LogP contribution < -0.4 is 14.2 Å². The van der Waals surface area contributed by atoms with Crippen LogP contribution in [0.4, 0.5) is 0 Å². The zero-order valence-corrected chi connectivity index (χ0v) is 35.4. The van der Waals surface area contributed by atoms with Gasteiger partial charge in [-0.1, -0.05) is 0 Å². The monoisotopic (exact) mass is 909 g/mol. The van der Waals surface area contributed by atoms with Gasteiger partial charge in [0.2, 0.25) is 0 Å². The standard InChI is InChI=1S/C13H18N2O3S.C11H13NO6S2.C11H13NO2.3Ar/c1-14(2)7-6-10-9-15(19(16)17)13-5-4-11(18-3)8-12(10)13;1-17-9-2-3-11-10(6-9)8(4-5-18-20(15)16)7-12(11)19(13)14;1-14-9-2-3-11-10(6-9)8(4-5-13)7-12-11;;;/h4-5,8-9H,6-7H2,1-3H3,(H,16,17);2-3,6-7H,4-5H2,1H3,(H,13,14)(H,15,16);2-3,6-7,12-13H,4-5H2,1H3;;;/p-3. The van der Waals surface area contributed by atoms with Crippen molar-refractivity contribution in [2.75, 3.05) is 55.2 Å². The van der Waals surface area contributed by atoms with Gasteiger partial charge in [-0.3, -0.25) is 16.4 Å². The third-order valence-corrected chi connectivity index (χ3v) is 9.78. The molecule has 0 bridgehead atoms. The van der Waals surface area contributed by atoms with E-state index in [0.29, 0.717) is 34.2 Å². The summed E-state index contributed by atoms with van der Waals surface area (Å²) in [7, 11) is 8.74. The number of H-pyrrole nitrogens is 1. The van der Waals surface area contributed by atoms with Crippen molar-refractivity contribution in [1.29, 1.82) is 0 Å². The van der Waals surface area contributed by atoms with Gasteiger partial charge >= 0.3 is 0 Å². The second-order valence-electron chi connectivity index (χ2n) is 11.7. The van der Waals surface area contributed by atoms with Crippen LogP contribution in [0.25, 0.3) is 32.7 Å². The number of likely N-dealkylation sites (N-methyl/N-ethyl adjacent to an activating group) is 1. The minimum absolute atomic E-state index is 0. The summed E-state index contributed by atoms with van der Waals surface area (Å²) in [5.74, 6) is 2.16. The number of aliphatic hydroxyl groups is 1. The molecular weight excluding hydrogens is 868 g/mol. The van der Waals surface area contributed by atoms with E-state index < -0.39 is 33.9 Å². The van der Waals surface area contributed by atoms with Crippen molar-refractivity contribution in [1.82, 2.24) is 17.8 Å². The zero-order valence-electron chi connectivity index (χ0n) is 30.8. The minimum Gasteiger partial charge on any atom is -0.755 e. The second kappa shape index (κ2) is 26.8. The van der Waals surface area contributed by atoms with Gasteiger partial charge in [0.25, 0.3) is 0 Å². The van der Waals surface area contributed by atoms with Crippen LogP contribution in [-0.4, -0.2) is 104 Å². The van der Waals surface area contributed by atoms with Gasteiger partial charge in [-0.2, -0.15) is 0 Å². The summed E-state index contributed by atoms with van der Waals surface area (Å²) in [4.78, 5) is 5.22. The van der Waals surface area contributed by atoms with Crippen LogP contribution >= 0.6 is 0 Å². The Morgan fingerprint density at radius 3 is 1.57 bits per heavy atom. The summed E-state index contributed by atoms with van der Waals surface area (Å²) < 4.78 is 87.7. The molecule has 3 aromatic heterocycles. The third-order valence-electron chi connectivity index (χ3n) is 8.18. The van der Waals surface area contributed by atoms with Crippen LogP contribution in [0.15, 0.2) is 73.2 Å². The molecule has 0 amide bonds. The van der Waals surface area contributed by atoms with Gasteiger partial charge in [0.1, 0.15) is 17.2 Å². The molecule has 0 fully saturated rings. The van der Waals surface area contributed by atoms with E-state index in [0.717, 1.165) is 55.9 Å². The molecule has 15 nitrogen and oxygen atoms in total. The van der Waals surface area contributed by atoms with Crippen LogP contribution in [-0.2, 0) is 57.3 Å². The molecule has 3 heterocycles. The normalized spacial score (nSPS) is 12.2. The summed E-state index contributed by atoms with van der Waals surface area (Å²) in [5, 5.41) is 11.6. The molecule has 0 saturated carbocycles. The molecule has 312 valence electrons. The Bertz CT molecular complexity index is 2210. The number of nitrogens with zero attached hydrogens (tertiary/aromatic N) is 3. The number of ether oxygens (including phenoxy) is 3. The Morgan fingerprint density at radius 1 is 0.679 bits per heavy atom. The number of aromatic nitrogens is 3. The Balaban J connectivity index is 0.000000415. The third kappa shape index (κ3) is 15.0. The van der Waals surface area contributed by atoms with Gasteiger partial charge in [-0.25, -0.2) is 4.21 Å². The molecule has 21 heteroatoms. The van der Waals surface area contributed by atoms with Crippen LogP contribution in [0.3, 0.4) is 0 Å². The van der Waals surface area contributed by atoms with Gasteiger partial charge in [0.05, 0.1) is 72.9 Å². The molecule has 3 atom stereocenters. The number of hydrogen-bond acceptors (Lipinski definition) is 12. The van der Waals surface area contributed by atoms with Crippen molar-refractivity contribution < 1.29 is 163 Å². The Hall–Kier alpha value is -0.331. The SMILES string of the molecule is COc1ccc2[nH]cc(CCO)c2c1.COc1ccc2c(c1)c(CCN(C)C)cn2S(=O)[O-].COc1ccc2c(c1)c(CCOS(=O)[O-])cn2S(=O)[O-].[Ar].[Ar].[Ar].